The quantitative estimate of drug-likeness (QED) is 0.892. The standard InChI is InChI=1S/C18H20O2/c1-20-15-6-4-5-13(11-15)12-18(19)17-8-3-2-7-16(17)14-9-10-14/h2-8,11,14,18-19H,9-10,12H2,1H3. The van der Waals surface area contributed by atoms with Crippen LogP contribution in [0.3, 0.4) is 0 Å². The van der Waals surface area contributed by atoms with Crippen molar-refractivity contribution in [1.82, 2.24) is 0 Å². The van der Waals surface area contributed by atoms with Crippen LogP contribution in [-0.4, -0.2) is 12.2 Å². The Balaban J connectivity index is 1.80. The van der Waals surface area contributed by atoms with Crippen molar-refractivity contribution in [3.05, 3.63) is 65.2 Å². The molecule has 20 heavy (non-hydrogen) atoms. The van der Waals surface area contributed by atoms with E-state index in [1.54, 1.807) is 7.11 Å². The van der Waals surface area contributed by atoms with Gasteiger partial charge in [0.05, 0.1) is 13.2 Å². The van der Waals surface area contributed by atoms with Crippen LogP contribution < -0.4 is 4.74 Å². The molecule has 0 radical (unpaired) electrons. The first-order chi connectivity index (χ1) is 9.78. The smallest absolute Gasteiger partial charge is 0.119 e. The molecule has 1 N–H and O–H groups in total. The van der Waals surface area contributed by atoms with Crippen molar-refractivity contribution in [1.29, 1.82) is 0 Å². The van der Waals surface area contributed by atoms with Gasteiger partial charge < -0.3 is 9.84 Å². The minimum absolute atomic E-state index is 0.445. The van der Waals surface area contributed by atoms with Gasteiger partial charge in [0, 0.05) is 6.42 Å². The van der Waals surface area contributed by atoms with Crippen molar-refractivity contribution in [3.63, 3.8) is 0 Å². The molecule has 1 aliphatic carbocycles. The summed E-state index contributed by atoms with van der Waals surface area (Å²) in [5.74, 6) is 1.50. The number of rotatable bonds is 5. The second-order valence-corrected chi connectivity index (χ2v) is 5.47. The zero-order chi connectivity index (χ0) is 13.9. The third kappa shape index (κ3) is 2.86. The van der Waals surface area contributed by atoms with Crippen LogP contribution in [0.2, 0.25) is 0 Å². The van der Waals surface area contributed by atoms with E-state index in [2.05, 4.69) is 18.2 Å². The van der Waals surface area contributed by atoms with Crippen LogP contribution >= 0.6 is 0 Å². The minimum Gasteiger partial charge on any atom is -0.497 e. The van der Waals surface area contributed by atoms with Crippen LogP contribution in [0.4, 0.5) is 0 Å². The Kier molecular flexibility index (Phi) is 3.75. The van der Waals surface area contributed by atoms with Gasteiger partial charge in [-0.15, -0.1) is 0 Å². The molecule has 0 bridgehead atoms. The molecule has 0 amide bonds. The van der Waals surface area contributed by atoms with E-state index >= 15 is 0 Å². The summed E-state index contributed by atoms with van der Waals surface area (Å²) in [5.41, 5.74) is 3.50. The predicted octanol–water partition coefficient (Wildman–Crippen LogP) is 3.85. The third-order valence-electron chi connectivity index (χ3n) is 3.94. The summed E-state index contributed by atoms with van der Waals surface area (Å²) >= 11 is 0. The van der Waals surface area contributed by atoms with E-state index in [9.17, 15) is 5.11 Å². The first kappa shape index (κ1) is 13.2. The van der Waals surface area contributed by atoms with Crippen molar-refractivity contribution in [3.8, 4) is 5.75 Å². The lowest BCUT2D eigenvalue weighted by Crippen LogP contribution is -2.05. The van der Waals surface area contributed by atoms with E-state index in [-0.39, 0.29) is 0 Å². The summed E-state index contributed by atoms with van der Waals surface area (Å²) in [6, 6.07) is 16.2. The van der Waals surface area contributed by atoms with E-state index in [4.69, 9.17) is 4.74 Å². The second-order valence-electron chi connectivity index (χ2n) is 5.47. The van der Waals surface area contributed by atoms with Gasteiger partial charge in [-0.25, -0.2) is 0 Å². The van der Waals surface area contributed by atoms with Gasteiger partial charge in [-0.2, -0.15) is 0 Å². The highest BCUT2D eigenvalue weighted by molar-refractivity contribution is 5.36. The highest BCUT2D eigenvalue weighted by Crippen LogP contribution is 2.43. The summed E-state index contributed by atoms with van der Waals surface area (Å²) in [6.45, 7) is 0. The van der Waals surface area contributed by atoms with E-state index in [1.807, 2.05) is 30.3 Å². The molecule has 0 aromatic heterocycles. The SMILES string of the molecule is COc1cccc(CC(O)c2ccccc2C2CC2)c1. The molecule has 1 unspecified atom stereocenters. The van der Waals surface area contributed by atoms with Crippen LogP contribution in [0, 0.1) is 0 Å². The molecule has 2 aromatic carbocycles. The molecule has 2 heteroatoms. The summed E-state index contributed by atoms with van der Waals surface area (Å²) in [7, 11) is 1.66. The Hall–Kier alpha value is -1.80. The molecule has 0 aliphatic heterocycles. The van der Waals surface area contributed by atoms with Gasteiger partial charge in [-0.1, -0.05) is 36.4 Å². The predicted molar refractivity (Wildman–Crippen MR) is 80.1 cm³/mol. The van der Waals surface area contributed by atoms with Crippen LogP contribution in [0.1, 0.15) is 41.6 Å². The molecule has 0 spiro atoms. The van der Waals surface area contributed by atoms with Crippen molar-refractivity contribution in [2.45, 2.75) is 31.3 Å². The van der Waals surface area contributed by atoms with E-state index in [0.29, 0.717) is 12.3 Å². The molecule has 3 rings (SSSR count). The molecule has 2 aromatic rings. The normalized spacial score (nSPS) is 15.9. The van der Waals surface area contributed by atoms with Gasteiger partial charge in [-0.05, 0) is 47.6 Å². The Morgan fingerprint density at radius 2 is 1.95 bits per heavy atom. The van der Waals surface area contributed by atoms with E-state index in [0.717, 1.165) is 16.9 Å². The fraction of sp³-hybridized carbons (Fsp3) is 0.333. The average molecular weight is 268 g/mol. The van der Waals surface area contributed by atoms with Crippen LogP contribution in [0.25, 0.3) is 0 Å². The van der Waals surface area contributed by atoms with Crippen molar-refractivity contribution in [2.24, 2.45) is 0 Å². The van der Waals surface area contributed by atoms with Gasteiger partial charge >= 0.3 is 0 Å². The Morgan fingerprint density at radius 3 is 2.70 bits per heavy atom. The largest absolute Gasteiger partial charge is 0.497 e. The number of hydrogen-bond acceptors (Lipinski definition) is 2. The molecule has 1 aliphatic rings. The second kappa shape index (κ2) is 5.68. The molecule has 1 saturated carbocycles. The lowest BCUT2D eigenvalue weighted by Gasteiger charge is -2.16. The van der Waals surface area contributed by atoms with Gasteiger partial charge in [0.1, 0.15) is 5.75 Å². The molecular weight excluding hydrogens is 248 g/mol. The highest BCUT2D eigenvalue weighted by Gasteiger charge is 2.27. The molecule has 0 heterocycles. The number of benzene rings is 2. The maximum absolute atomic E-state index is 10.6. The van der Waals surface area contributed by atoms with Crippen LogP contribution in [0.5, 0.6) is 5.75 Å². The number of aliphatic hydroxyl groups is 1. The zero-order valence-electron chi connectivity index (χ0n) is 11.8. The number of aliphatic hydroxyl groups excluding tert-OH is 1. The summed E-state index contributed by atoms with van der Waals surface area (Å²) in [6.07, 6.45) is 2.69. The zero-order valence-corrected chi connectivity index (χ0v) is 11.8. The molecule has 1 atom stereocenters. The fourth-order valence-electron chi connectivity index (χ4n) is 2.71. The van der Waals surface area contributed by atoms with E-state index in [1.165, 1.54) is 18.4 Å². The molecular formula is C18H20O2. The number of ether oxygens (including phenoxy) is 1. The van der Waals surface area contributed by atoms with Crippen molar-refractivity contribution < 1.29 is 9.84 Å². The fourth-order valence-corrected chi connectivity index (χ4v) is 2.71. The number of hydrogen-bond donors (Lipinski definition) is 1. The van der Waals surface area contributed by atoms with Gasteiger partial charge in [-0.3, -0.25) is 0 Å². The Labute approximate surface area is 120 Å². The maximum atomic E-state index is 10.6. The first-order valence-corrected chi connectivity index (χ1v) is 7.17. The van der Waals surface area contributed by atoms with E-state index < -0.39 is 6.10 Å². The van der Waals surface area contributed by atoms with Crippen LogP contribution in [-0.2, 0) is 6.42 Å². The average Bonchev–Trinajstić information content (AvgIpc) is 3.32. The molecule has 2 nitrogen and oxygen atoms in total. The Bertz CT molecular complexity index is 587. The van der Waals surface area contributed by atoms with Gasteiger partial charge in [0.2, 0.25) is 0 Å². The minimum atomic E-state index is -0.445. The van der Waals surface area contributed by atoms with Crippen LogP contribution in [0.15, 0.2) is 48.5 Å². The van der Waals surface area contributed by atoms with Gasteiger partial charge in [0.25, 0.3) is 0 Å². The topological polar surface area (TPSA) is 29.5 Å². The first-order valence-electron chi connectivity index (χ1n) is 7.17. The Morgan fingerprint density at radius 1 is 1.15 bits per heavy atom. The highest BCUT2D eigenvalue weighted by atomic mass is 16.5. The molecule has 1 fully saturated rings. The summed E-state index contributed by atoms with van der Waals surface area (Å²) in [5, 5.41) is 10.6. The van der Waals surface area contributed by atoms with Gasteiger partial charge in [0.15, 0.2) is 0 Å². The lowest BCUT2D eigenvalue weighted by molar-refractivity contribution is 0.177. The maximum Gasteiger partial charge on any atom is 0.119 e. The van der Waals surface area contributed by atoms with Crippen molar-refractivity contribution >= 4 is 0 Å². The summed E-state index contributed by atoms with van der Waals surface area (Å²) < 4.78 is 5.23. The molecule has 104 valence electrons. The summed E-state index contributed by atoms with van der Waals surface area (Å²) in [4.78, 5) is 0. The molecule has 0 saturated heterocycles. The monoisotopic (exact) mass is 268 g/mol. The van der Waals surface area contributed by atoms with Crippen molar-refractivity contribution in [2.75, 3.05) is 7.11 Å². The third-order valence-corrected chi connectivity index (χ3v) is 3.94. The lowest BCUT2D eigenvalue weighted by atomic mass is 9.95. The number of methoxy groups -OCH3 is 1.